The molecule has 0 saturated heterocycles. The zero-order valence-electron chi connectivity index (χ0n) is 11.6. The molecule has 0 aliphatic heterocycles. The Morgan fingerprint density at radius 2 is 2.14 bits per heavy atom. The molecule has 0 aromatic carbocycles. The summed E-state index contributed by atoms with van der Waals surface area (Å²) in [6.07, 6.45) is 6.14. The first-order chi connectivity index (χ1) is 10.1. The number of carboxylic acids is 1. The Morgan fingerprint density at radius 1 is 1.38 bits per heavy atom. The van der Waals surface area contributed by atoms with Crippen molar-refractivity contribution in [3.63, 3.8) is 0 Å². The van der Waals surface area contributed by atoms with Crippen molar-refractivity contribution in [1.29, 1.82) is 0 Å². The summed E-state index contributed by atoms with van der Waals surface area (Å²) in [5, 5.41) is 17.6. The Bertz CT molecular complexity index is 539. The summed E-state index contributed by atoms with van der Waals surface area (Å²) in [6, 6.07) is 0.471. The van der Waals surface area contributed by atoms with Gasteiger partial charge in [-0.05, 0) is 31.6 Å². The molecule has 1 heterocycles. The number of hydrogen-bond donors (Lipinski definition) is 1. The predicted molar refractivity (Wildman–Crippen MR) is 76.0 cm³/mol. The second-order valence-corrected chi connectivity index (χ2v) is 6.59. The van der Waals surface area contributed by atoms with E-state index in [1.165, 1.54) is 16.7 Å². The van der Waals surface area contributed by atoms with Crippen LogP contribution in [-0.2, 0) is 9.59 Å². The molecule has 3 rings (SSSR count). The third kappa shape index (κ3) is 3.96. The van der Waals surface area contributed by atoms with Gasteiger partial charge in [-0.1, -0.05) is 11.8 Å². The number of thioether (sulfide) groups is 1. The minimum atomic E-state index is -0.963. The van der Waals surface area contributed by atoms with Crippen LogP contribution in [0.25, 0.3) is 0 Å². The van der Waals surface area contributed by atoms with Crippen molar-refractivity contribution in [3.05, 3.63) is 6.33 Å². The highest BCUT2D eigenvalue weighted by Crippen LogP contribution is 2.37. The summed E-state index contributed by atoms with van der Waals surface area (Å²) in [7, 11) is 0. The monoisotopic (exact) mass is 310 g/mol. The van der Waals surface area contributed by atoms with E-state index in [0.29, 0.717) is 18.5 Å². The van der Waals surface area contributed by atoms with Crippen LogP contribution >= 0.6 is 11.8 Å². The van der Waals surface area contributed by atoms with Gasteiger partial charge in [0.2, 0.25) is 5.91 Å². The molecule has 114 valence electrons. The zero-order chi connectivity index (χ0) is 14.8. The molecule has 21 heavy (non-hydrogen) atoms. The average molecular weight is 310 g/mol. The number of hydrogen-bond acceptors (Lipinski definition) is 5. The number of rotatable bonds is 8. The molecule has 2 aliphatic rings. The van der Waals surface area contributed by atoms with Crippen molar-refractivity contribution >= 4 is 23.6 Å². The van der Waals surface area contributed by atoms with Gasteiger partial charge in [0.25, 0.3) is 0 Å². The summed E-state index contributed by atoms with van der Waals surface area (Å²) < 4.78 is 2.00. The quantitative estimate of drug-likeness (QED) is 0.721. The third-order valence-corrected chi connectivity index (χ3v) is 4.60. The van der Waals surface area contributed by atoms with E-state index in [-0.39, 0.29) is 18.2 Å². The number of carbonyl (C=O) groups is 2. The average Bonchev–Trinajstić information content (AvgIpc) is 3.36. The molecular formula is C13H18N4O3S. The van der Waals surface area contributed by atoms with Crippen LogP contribution in [0.3, 0.4) is 0 Å². The van der Waals surface area contributed by atoms with Crippen LogP contribution in [0.15, 0.2) is 11.5 Å². The van der Waals surface area contributed by atoms with E-state index in [9.17, 15) is 9.59 Å². The first kappa shape index (κ1) is 14.4. The summed E-state index contributed by atoms with van der Waals surface area (Å²) >= 11 is 1.34. The van der Waals surface area contributed by atoms with Crippen molar-refractivity contribution in [1.82, 2.24) is 19.7 Å². The lowest BCUT2D eigenvalue weighted by molar-refractivity contribution is -0.143. The van der Waals surface area contributed by atoms with Crippen LogP contribution < -0.4 is 0 Å². The van der Waals surface area contributed by atoms with E-state index in [4.69, 9.17) is 5.11 Å². The first-order valence-electron chi connectivity index (χ1n) is 7.15. The van der Waals surface area contributed by atoms with E-state index < -0.39 is 5.97 Å². The van der Waals surface area contributed by atoms with Crippen molar-refractivity contribution < 1.29 is 14.7 Å². The highest BCUT2D eigenvalue weighted by atomic mass is 32.2. The fourth-order valence-electron chi connectivity index (χ4n) is 2.19. The van der Waals surface area contributed by atoms with Crippen LogP contribution in [0.4, 0.5) is 0 Å². The molecule has 8 heteroatoms. The van der Waals surface area contributed by atoms with Gasteiger partial charge in [0.1, 0.15) is 12.9 Å². The number of nitrogens with zero attached hydrogens (tertiary/aromatic N) is 4. The standard InChI is InChI=1S/C13H18N4O3S/c18-11(16(6-12(19)20)5-9-1-2-9)7-21-13-15-14-8-17(13)10-3-4-10/h8-10H,1-7H2,(H,19,20). The summed E-state index contributed by atoms with van der Waals surface area (Å²) in [4.78, 5) is 24.5. The minimum Gasteiger partial charge on any atom is -0.480 e. The molecule has 2 saturated carbocycles. The van der Waals surface area contributed by atoms with E-state index in [2.05, 4.69) is 10.2 Å². The topological polar surface area (TPSA) is 88.3 Å². The Morgan fingerprint density at radius 3 is 2.76 bits per heavy atom. The van der Waals surface area contributed by atoms with E-state index in [1.807, 2.05) is 4.57 Å². The molecule has 1 aromatic rings. The molecule has 0 unspecified atom stereocenters. The maximum absolute atomic E-state index is 12.2. The minimum absolute atomic E-state index is 0.139. The Kier molecular flexibility index (Phi) is 4.14. The normalized spacial score (nSPS) is 17.7. The van der Waals surface area contributed by atoms with Gasteiger partial charge in [-0.3, -0.25) is 9.59 Å². The van der Waals surface area contributed by atoms with Gasteiger partial charge in [0, 0.05) is 12.6 Å². The lowest BCUT2D eigenvalue weighted by atomic mass is 10.3. The van der Waals surface area contributed by atoms with Gasteiger partial charge in [-0.2, -0.15) is 0 Å². The van der Waals surface area contributed by atoms with Crippen LogP contribution in [0.5, 0.6) is 0 Å². The molecule has 7 nitrogen and oxygen atoms in total. The molecular weight excluding hydrogens is 292 g/mol. The van der Waals surface area contributed by atoms with Crippen LogP contribution in [0.1, 0.15) is 31.7 Å². The number of carbonyl (C=O) groups excluding carboxylic acids is 1. The molecule has 2 fully saturated rings. The molecule has 0 bridgehead atoms. The molecule has 1 amide bonds. The van der Waals surface area contributed by atoms with Crippen molar-refractivity contribution in [3.8, 4) is 0 Å². The number of aliphatic carboxylic acids is 1. The van der Waals surface area contributed by atoms with Crippen LogP contribution in [0.2, 0.25) is 0 Å². The van der Waals surface area contributed by atoms with Gasteiger partial charge in [0.15, 0.2) is 5.16 Å². The highest BCUT2D eigenvalue weighted by Gasteiger charge is 2.29. The summed E-state index contributed by atoms with van der Waals surface area (Å²) in [5.74, 6) is -0.408. The van der Waals surface area contributed by atoms with Crippen molar-refractivity contribution in [2.24, 2.45) is 5.92 Å². The van der Waals surface area contributed by atoms with Gasteiger partial charge in [-0.15, -0.1) is 10.2 Å². The number of carboxylic acid groups (broad SMARTS) is 1. The zero-order valence-corrected chi connectivity index (χ0v) is 12.5. The molecule has 0 spiro atoms. The fraction of sp³-hybridized carbons (Fsp3) is 0.692. The van der Waals surface area contributed by atoms with Gasteiger partial charge >= 0.3 is 5.97 Å². The van der Waals surface area contributed by atoms with Crippen molar-refractivity contribution in [2.75, 3.05) is 18.8 Å². The van der Waals surface area contributed by atoms with E-state index in [1.54, 1.807) is 6.33 Å². The van der Waals surface area contributed by atoms with Gasteiger partial charge in [0.05, 0.1) is 5.75 Å². The van der Waals surface area contributed by atoms with Gasteiger partial charge in [-0.25, -0.2) is 0 Å². The van der Waals surface area contributed by atoms with Crippen molar-refractivity contribution in [2.45, 2.75) is 36.9 Å². The first-order valence-corrected chi connectivity index (χ1v) is 8.14. The second-order valence-electron chi connectivity index (χ2n) is 5.65. The van der Waals surface area contributed by atoms with E-state index >= 15 is 0 Å². The molecule has 0 atom stereocenters. The molecule has 1 aromatic heterocycles. The Labute approximate surface area is 126 Å². The fourth-order valence-corrected chi connectivity index (χ4v) is 3.07. The molecule has 1 N–H and O–H groups in total. The SMILES string of the molecule is O=C(O)CN(CC1CC1)C(=O)CSc1nncn1C1CC1. The molecule has 2 aliphatic carbocycles. The smallest absolute Gasteiger partial charge is 0.323 e. The lowest BCUT2D eigenvalue weighted by Crippen LogP contribution is -2.38. The summed E-state index contributed by atoms with van der Waals surface area (Å²) in [5.41, 5.74) is 0. The van der Waals surface area contributed by atoms with Gasteiger partial charge < -0.3 is 14.6 Å². The van der Waals surface area contributed by atoms with Crippen LogP contribution in [0, 0.1) is 5.92 Å². The maximum Gasteiger partial charge on any atom is 0.323 e. The van der Waals surface area contributed by atoms with E-state index in [0.717, 1.165) is 30.8 Å². The third-order valence-electron chi connectivity index (χ3n) is 3.66. The lowest BCUT2D eigenvalue weighted by Gasteiger charge is -2.20. The Hall–Kier alpha value is -1.57. The highest BCUT2D eigenvalue weighted by molar-refractivity contribution is 7.99. The Balaban J connectivity index is 1.55. The second kappa shape index (κ2) is 6.05. The number of amides is 1. The van der Waals surface area contributed by atoms with Crippen LogP contribution in [-0.4, -0.2) is 55.5 Å². The largest absolute Gasteiger partial charge is 0.480 e. The predicted octanol–water partition coefficient (Wildman–Crippen LogP) is 1.03. The maximum atomic E-state index is 12.2. The molecule has 0 radical (unpaired) electrons. The summed E-state index contributed by atoms with van der Waals surface area (Å²) in [6.45, 7) is 0.340. The number of aromatic nitrogens is 3.